The highest BCUT2D eigenvalue weighted by atomic mass is 16.5. The molecule has 2 aromatic rings. The minimum Gasteiger partial charge on any atom is -0.494 e. The lowest BCUT2D eigenvalue weighted by atomic mass is 10.2. The molecule has 0 aliphatic heterocycles. The zero-order valence-corrected chi connectivity index (χ0v) is 14.1. The van der Waals surface area contributed by atoms with E-state index in [9.17, 15) is 0 Å². The average Bonchev–Trinajstić information content (AvgIpc) is 2.60. The lowest BCUT2D eigenvalue weighted by Crippen LogP contribution is -1.97. The van der Waals surface area contributed by atoms with E-state index in [1.54, 1.807) is 0 Å². The van der Waals surface area contributed by atoms with E-state index in [-0.39, 0.29) is 0 Å². The molecule has 0 saturated carbocycles. The van der Waals surface area contributed by atoms with Crippen LogP contribution in [0.1, 0.15) is 38.2 Å². The second-order valence-corrected chi connectivity index (χ2v) is 5.30. The van der Waals surface area contributed by atoms with Gasteiger partial charge >= 0.3 is 0 Å². The van der Waals surface area contributed by atoms with Crippen LogP contribution in [0.5, 0.6) is 17.2 Å². The van der Waals surface area contributed by atoms with Gasteiger partial charge in [0, 0.05) is 0 Å². The molecule has 0 fully saturated rings. The van der Waals surface area contributed by atoms with E-state index < -0.39 is 0 Å². The van der Waals surface area contributed by atoms with Gasteiger partial charge in [-0.25, -0.2) is 0 Å². The molecule has 0 aromatic heterocycles. The Kier molecular flexibility index (Phi) is 9.22. The van der Waals surface area contributed by atoms with Crippen molar-refractivity contribution in [3.8, 4) is 17.2 Å². The molecule has 0 aliphatic rings. The van der Waals surface area contributed by atoms with Gasteiger partial charge in [-0.1, -0.05) is 43.9 Å². The molecule has 0 spiro atoms. The maximum atomic E-state index is 8.00. The molecule has 3 heteroatoms. The molecule has 0 atom stereocenters. The summed E-state index contributed by atoms with van der Waals surface area (Å²) >= 11 is 0. The van der Waals surface area contributed by atoms with E-state index in [2.05, 4.69) is 13.8 Å². The fourth-order valence-corrected chi connectivity index (χ4v) is 2.07. The quantitative estimate of drug-likeness (QED) is 0.598. The van der Waals surface area contributed by atoms with E-state index in [0.717, 1.165) is 30.3 Å². The summed E-state index contributed by atoms with van der Waals surface area (Å²) in [6.45, 7) is 7.07. The smallest absolute Gasteiger partial charge is 0.127 e. The summed E-state index contributed by atoms with van der Waals surface area (Å²) < 4.78 is 11.5. The van der Waals surface area contributed by atoms with Gasteiger partial charge in [-0.05, 0) is 49.7 Å². The van der Waals surface area contributed by atoms with Crippen LogP contribution in [-0.4, -0.2) is 13.4 Å². The summed E-state index contributed by atoms with van der Waals surface area (Å²) in [7, 11) is 0. The van der Waals surface area contributed by atoms with Gasteiger partial charge in [-0.2, -0.15) is 0 Å². The fourth-order valence-electron chi connectivity index (χ4n) is 2.07. The number of unbranched alkanes of at least 4 members (excludes halogenated alkanes) is 3. The first-order valence-corrected chi connectivity index (χ1v) is 8.04. The monoisotopic (exact) mass is 314 g/mol. The molecule has 0 amide bonds. The van der Waals surface area contributed by atoms with Gasteiger partial charge in [0.25, 0.3) is 0 Å². The standard InChI is InChI=1S/C19H24O2.CH2O/c1-3-4-5-6-15-20-17-11-13-19(14-12-17)21-18-9-7-16(2)8-10-18;1-2/h7-14H,3-6,15H2,1-2H3;1H2. The largest absolute Gasteiger partial charge is 0.494 e. The third-order valence-corrected chi connectivity index (χ3v) is 3.35. The van der Waals surface area contributed by atoms with Crippen molar-refractivity contribution in [2.75, 3.05) is 6.61 Å². The van der Waals surface area contributed by atoms with Crippen LogP contribution in [0, 0.1) is 6.92 Å². The van der Waals surface area contributed by atoms with Gasteiger partial charge in [0.15, 0.2) is 0 Å². The van der Waals surface area contributed by atoms with Crippen LogP contribution >= 0.6 is 0 Å². The summed E-state index contributed by atoms with van der Waals surface area (Å²) in [6, 6.07) is 15.9. The summed E-state index contributed by atoms with van der Waals surface area (Å²) in [5.74, 6) is 2.59. The Balaban J connectivity index is 0.00000127. The Bertz CT molecular complexity index is 532. The highest BCUT2D eigenvalue weighted by Gasteiger charge is 1.99. The minimum atomic E-state index is 0.790. The van der Waals surface area contributed by atoms with Crippen molar-refractivity contribution in [2.45, 2.75) is 39.5 Å². The van der Waals surface area contributed by atoms with Gasteiger partial charge in [0.1, 0.15) is 24.0 Å². The first-order chi connectivity index (χ1) is 11.3. The van der Waals surface area contributed by atoms with Gasteiger partial charge < -0.3 is 14.3 Å². The van der Waals surface area contributed by atoms with Crippen molar-refractivity contribution in [3.63, 3.8) is 0 Å². The van der Waals surface area contributed by atoms with Crippen LogP contribution in [0.3, 0.4) is 0 Å². The first kappa shape index (κ1) is 18.8. The number of ether oxygens (including phenoxy) is 2. The molecular formula is C20H26O3. The van der Waals surface area contributed by atoms with Crippen molar-refractivity contribution < 1.29 is 14.3 Å². The molecule has 0 heterocycles. The summed E-state index contributed by atoms with van der Waals surface area (Å²) in [6.07, 6.45) is 4.90. The van der Waals surface area contributed by atoms with Crippen LogP contribution in [0.25, 0.3) is 0 Å². The number of aryl methyl sites for hydroxylation is 1. The van der Waals surface area contributed by atoms with Crippen molar-refractivity contribution in [1.29, 1.82) is 0 Å². The lowest BCUT2D eigenvalue weighted by molar-refractivity contribution is -0.0979. The number of benzene rings is 2. The molecule has 0 saturated heterocycles. The van der Waals surface area contributed by atoms with E-state index in [1.807, 2.05) is 55.3 Å². The van der Waals surface area contributed by atoms with Gasteiger partial charge in [0.2, 0.25) is 0 Å². The molecule has 124 valence electrons. The zero-order valence-electron chi connectivity index (χ0n) is 14.1. The molecule has 0 bridgehead atoms. The van der Waals surface area contributed by atoms with E-state index in [1.165, 1.54) is 24.8 Å². The Labute approximate surface area is 139 Å². The Morgan fingerprint density at radius 3 is 1.87 bits per heavy atom. The SMILES string of the molecule is C=O.CCCCCCOc1ccc(Oc2ccc(C)cc2)cc1. The number of hydrogen-bond donors (Lipinski definition) is 0. The number of hydrogen-bond acceptors (Lipinski definition) is 3. The van der Waals surface area contributed by atoms with E-state index in [4.69, 9.17) is 14.3 Å². The maximum absolute atomic E-state index is 8.00. The van der Waals surface area contributed by atoms with Crippen molar-refractivity contribution in [3.05, 3.63) is 54.1 Å². The Hall–Kier alpha value is -2.29. The highest BCUT2D eigenvalue weighted by molar-refractivity contribution is 5.36. The third kappa shape index (κ3) is 7.50. The molecule has 0 radical (unpaired) electrons. The fraction of sp³-hybridized carbons (Fsp3) is 0.350. The lowest BCUT2D eigenvalue weighted by Gasteiger charge is -2.08. The van der Waals surface area contributed by atoms with Crippen LogP contribution in [0.4, 0.5) is 0 Å². The van der Waals surface area contributed by atoms with Crippen molar-refractivity contribution >= 4 is 6.79 Å². The second-order valence-electron chi connectivity index (χ2n) is 5.30. The maximum Gasteiger partial charge on any atom is 0.127 e. The van der Waals surface area contributed by atoms with Crippen LogP contribution in [0.15, 0.2) is 48.5 Å². The number of carbonyl (C=O) groups is 1. The van der Waals surface area contributed by atoms with Crippen LogP contribution in [-0.2, 0) is 4.79 Å². The number of carbonyl (C=O) groups excluding carboxylic acids is 1. The Morgan fingerprint density at radius 1 is 0.783 bits per heavy atom. The second kappa shape index (κ2) is 11.3. The molecule has 23 heavy (non-hydrogen) atoms. The Morgan fingerprint density at radius 2 is 1.30 bits per heavy atom. The molecule has 0 aliphatic carbocycles. The van der Waals surface area contributed by atoms with Gasteiger partial charge in [-0.3, -0.25) is 0 Å². The predicted molar refractivity (Wildman–Crippen MR) is 94.5 cm³/mol. The predicted octanol–water partition coefficient (Wildman–Crippen LogP) is 5.56. The van der Waals surface area contributed by atoms with Crippen molar-refractivity contribution in [2.24, 2.45) is 0 Å². The first-order valence-electron chi connectivity index (χ1n) is 8.04. The summed E-state index contributed by atoms with van der Waals surface area (Å²) in [4.78, 5) is 8.00. The van der Waals surface area contributed by atoms with Crippen LogP contribution in [0.2, 0.25) is 0 Å². The zero-order chi connectivity index (χ0) is 16.9. The molecule has 2 rings (SSSR count). The van der Waals surface area contributed by atoms with E-state index in [0.29, 0.717) is 0 Å². The molecule has 0 unspecified atom stereocenters. The topological polar surface area (TPSA) is 35.5 Å². The third-order valence-electron chi connectivity index (χ3n) is 3.35. The minimum absolute atomic E-state index is 0.790. The summed E-state index contributed by atoms with van der Waals surface area (Å²) in [5.41, 5.74) is 1.23. The van der Waals surface area contributed by atoms with Crippen LogP contribution < -0.4 is 9.47 Å². The molecule has 0 N–H and O–H groups in total. The van der Waals surface area contributed by atoms with Gasteiger partial charge in [0.05, 0.1) is 6.61 Å². The van der Waals surface area contributed by atoms with Crippen molar-refractivity contribution in [1.82, 2.24) is 0 Å². The average molecular weight is 314 g/mol. The molecule has 2 aromatic carbocycles. The number of rotatable bonds is 8. The van der Waals surface area contributed by atoms with E-state index >= 15 is 0 Å². The van der Waals surface area contributed by atoms with Gasteiger partial charge in [-0.15, -0.1) is 0 Å². The summed E-state index contributed by atoms with van der Waals surface area (Å²) in [5, 5.41) is 0. The normalized spacial score (nSPS) is 9.65. The molecular weight excluding hydrogens is 288 g/mol. The highest BCUT2D eigenvalue weighted by Crippen LogP contribution is 2.24. The molecule has 3 nitrogen and oxygen atoms in total.